The van der Waals surface area contributed by atoms with Gasteiger partial charge in [0.2, 0.25) is 17.8 Å². The number of hydrogen-bond acceptors (Lipinski definition) is 11. The molecule has 41 heavy (non-hydrogen) atoms. The average molecular weight is 573 g/mol. The highest BCUT2D eigenvalue weighted by molar-refractivity contribution is 5.90. The number of anilines is 2. The number of hydrogen-bond donors (Lipinski definition) is 2. The van der Waals surface area contributed by atoms with Gasteiger partial charge in [-0.3, -0.25) is 5.32 Å². The maximum atomic E-state index is 13.1. The molecule has 1 fully saturated rings. The predicted octanol–water partition coefficient (Wildman–Crippen LogP) is 4.63. The van der Waals surface area contributed by atoms with Gasteiger partial charge in [-0.1, -0.05) is 0 Å². The summed E-state index contributed by atoms with van der Waals surface area (Å²) in [5, 5.41) is 6.94. The van der Waals surface area contributed by atoms with E-state index >= 15 is 0 Å². The molecule has 1 aliphatic rings. The first-order chi connectivity index (χ1) is 19.6. The molecule has 0 bridgehead atoms. The number of carbonyl (C=O) groups excluding carboxylic acids is 1. The van der Waals surface area contributed by atoms with Crippen molar-refractivity contribution >= 4 is 39.7 Å². The number of fused-ring (bicyclic) bond motifs is 2. The quantitative estimate of drug-likeness (QED) is 0.272. The second-order valence-electron chi connectivity index (χ2n) is 9.33. The van der Waals surface area contributed by atoms with E-state index in [0.717, 1.165) is 25.8 Å². The summed E-state index contributed by atoms with van der Waals surface area (Å²) in [4.78, 5) is 29.0. The fourth-order valence-electron chi connectivity index (χ4n) is 4.54. The highest BCUT2D eigenvalue weighted by atomic mass is 19.4. The Bertz CT molecular complexity index is 1590. The minimum absolute atomic E-state index is 0.0649. The molecule has 0 saturated carbocycles. The Balaban J connectivity index is 1.47. The van der Waals surface area contributed by atoms with E-state index in [1.54, 1.807) is 31.2 Å². The largest absolute Gasteiger partial charge is 0.494 e. The molecule has 14 heteroatoms. The summed E-state index contributed by atoms with van der Waals surface area (Å²) >= 11 is 0. The van der Waals surface area contributed by atoms with Gasteiger partial charge < -0.3 is 24.3 Å². The van der Waals surface area contributed by atoms with E-state index in [-0.39, 0.29) is 22.8 Å². The monoisotopic (exact) mass is 572 g/mol. The Kier molecular flexibility index (Phi) is 7.92. The topological polar surface area (TPSA) is 130 Å². The van der Waals surface area contributed by atoms with Crippen LogP contribution in [0.1, 0.15) is 25.0 Å². The number of esters is 1. The Morgan fingerprint density at radius 2 is 1.73 bits per heavy atom. The molecular formula is C27H27F3N6O5. The van der Waals surface area contributed by atoms with Gasteiger partial charge in [-0.05, 0) is 57.0 Å². The zero-order chi connectivity index (χ0) is 29.1. The van der Waals surface area contributed by atoms with Crippen molar-refractivity contribution in [2.75, 3.05) is 32.7 Å². The van der Waals surface area contributed by atoms with Crippen LogP contribution in [0.3, 0.4) is 0 Å². The minimum atomic E-state index is -5.23. The van der Waals surface area contributed by atoms with Crippen LogP contribution in [0.15, 0.2) is 30.3 Å². The van der Waals surface area contributed by atoms with Crippen LogP contribution in [-0.2, 0) is 4.79 Å². The number of nitrogens with zero attached hydrogens (tertiary/aromatic N) is 4. The van der Waals surface area contributed by atoms with Crippen LogP contribution in [0.5, 0.6) is 23.1 Å². The van der Waals surface area contributed by atoms with Gasteiger partial charge in [0.25, 0.3) is 0 Å². The maximum Gasteiger partial charge on any atom is 0.491 e. The van der Waals surface area contributed by atoms with Crippen molar-refractivity contribution in [1.82, 2.24) is 25.3 Å². The Morgan fingerprint density at radius 3 is 2.44 bits per heavy atom. The van der Waals surface area contributed by atoms with Gasteiger partial charge in [-0.2, -0.15) is 18.2 Å². The van der Waals surface area contributed by atoms with Gasteiger partial charge in [0.1, 0.15) is 5.75 Å². The lowest BCUT2D eigenvalue weighted by atomic mass is 10.1. The third-order valence-electron chi connectivity index (χ3n) is 6.57. The lowest BCUT2D eigenvalue weighted by molar-refractivity contribution is -0.189. The lowest BCUT2D eigenvalue weighted by Crippen LogP contribution is -2.28. The van der Waals surface area contributed by atoms with Crippen molar-refractivity contribution in [1.29, 1.82) is 0 Å². The molecule has 4 aromatic rings. The number of methoxy groups -OCH3 is 2. The molecule has 2 N–H and O–H groups in total. The summed E-state index contributed by atoms with van der Waals surface area (Å²) in [7, 11) is 3.01. The van der Waals surface area contributed by atoms with Gasteiger partial charge >= 0.3 is 12.1 Å². The standard InChI is InChI=1S/C27H27F3N6O5/c1-14-17-12-21(38-2)22(39-3)13-20(17)34-25(32-14)36-26-33-19-7-6-16(40-10-8-15-5-4-9-31-15)11-18(19)23(35-26)41-24(37)27(28,29)30/h6-7,11-13,15,31H,4-5,8-10H2,1-3H3,(H,32,33,34,35,36). The van der Waals surface area contributed by atoms with Crippen LogP contribution in [0, 0.1) is 6.92 Å². The second kappa shape index (κ2) is 11.6. The molecule has 0 amide bonds. The van der Waals surface area contributed by atoms with Gasteiger partial charge in [-0.25, -0.2) is 19.7 Å². The number of alkyl halides is 3. The third-order valence-corrected chi connectivity index (χ3v) is 6.57. The molecular weight excluding hydrogens is 545 g/mol. The highest BCUT2D eigenvalue weighted by Crippen LogP contribution is 2.34. The Hall–Kier alpha value is -4.46. The van der Waals surface area contributed by atoms with Gasteiger partial charge in [0, 0.05) is 17.5 Å². The molecule has 1 saturated heterocycles. The zero-order valence-electron chi connectivity index (χ0n) is 22.5. The SMILES string of the molecule is COc1cc2nc(Nc3nc(OC(=O)C(F)(F)F)c4cc(OCCC5CCCN5)ccc4n3)nc(C)c2cc1OC. The normalized spacial score (nSPS) is 15.2. The maximum absolute atomic E-state index is 13.1. The fourth-order valence-corrected chi connectivity index (χ4v) is 4.54. The lowest BCUT2D eigenvalue weighted by Gasteiger charge is -2.14. The summed E-state index contributed by atoms with van der Waals surface area (Å²) in [6.07, 6.45) is -2.29. The molecule has 1 aliphatic heterocycles. The summed E-state index contributed by atoms with van der Waals surface area (Å²) in [6, 6.07) is 8.37. The van der Waals surface area contributed by atoms with Crippen molar-refractivity contribution in [2.45, 2.75) is 38.4 Å². The summed E-state index contributed by atoms with van der Waals surface area (Å²) in [6.45, 7) is 3.12. The average Bonchev–Trinajstić information content (AvgIpc) is 3.45. The second-order valence-corrected chi connectivity index (χ2v) is 9.33. The molecule has 216 valence electrons. The fraction of sp³-hybridized carbons (Fsp3) is 0.370. The molecule has 0 aliphatic carbocycles. The van der Waals surface area contributed by atoms with E-state index in [1.165, 1.54) is 20.3 Å². The summed E-state index contributed by atoms with van der Waals surface area (Å²) in [5.41, 5.74) is 1.30. The van der Waals surface area contributed by atoms with E-state index in [4.69, 9.17) is 14.2 Å². The van der Waals surface area contributed by atoms with Crippen LogP contribution in [-0.4, -0.2) is 65.5 Å². The van der Waals surface area contributed by atoms with Gasteiger partial charge in [-0.15, -0.1) is 0 Å². The minimum Gasteiger partial charge on any atom is -0.494 e. The first-order valence-electron chi connectivity index (χ1n) is 12.8. The van der Waals surface area contributed by atoms with Gasteiger partial charge in [0.05, 0.1) is 42.9 Å². The first-order valence-corrected chi connectivity index (χ1v) is 12.8. The van der Waals surface area contributed by atoms with Crippen molar-refractivity contribution in [3.05, 3.63) is 36.0 Å². The molecule has 0 radical (unpaired) electrons. The van der Waals surface area contributed by atoms with E-state index in [9.17, 15) is 18.0 Å². The molecule has 11 nitrogen and oxygen atoms in total. The highest BCUT2D eigenvalue weighted by Gasteiger charge is 2.42. The van der Waals surface area contributed by atoms with Crippen LogP contribution >= 0.6 is 0 Å². The zero-order valence-corrected chi connectivity index (χ0v) is 22.5. The summed E-state index contributed by atoms with van der Waals surface area (Å²) in [5.74, 6) is -1.79. The number of carbonyl (C=O) groups is 1. The number of aromatic nitrogens is 4. The number of aryl methyl sites for hydroxylation is 1. The molecule has 0 spiro atoms. The van der Waals surface area contributed by atoms with E-state index in [2.05, 4.69) is 35.3 Å². The van der Waals surface area contributed by atoms with Crippen LogP contribution in [0.4, 0.5) is 25.1 Å². The molecule has 3 heterocycles. The van der Waals surface area contributed by atoms with Crippen molar-refractivity contribution in [2.24, 2.45) is 0 Å². The number of nitrogens with one attached hydrogen (secondary N) is 2. The Morgan fingerprint density at radius 1 is 1.00 bits per heavy atom. The van der Waals surface area contributed by atoms with E-state index in [0.29, 0.717) is 46.5 Å². The summed E-state index contributed by atoms with van der Waals surface area (Å²) < 4.78 is 60.4. The third kappa shape index (κ3) is 6.32. The van der Waals surface area contributed by atoms with Crippen molar-refractivity contribution < 1.29 is 36.9 Å². The number of halogens is 3. The number of rotatable bonds is 9. The van der Waals surface area contributed by atoms with Crippen LogP contribution < -0.4 is 29.6 Å². The van der Waals surface area contributed by atoms with Gasteiger partial charge in [0.15, 0.2) is 11.5 Å². The predicted molar refractivity (Wildman–Crippen MR) is 143 cm³/mol. The first kappa shape index (κ1) is 28.1. The van der Waals surface area contributed by atoms with E-state index < -0.39 is 18.0 Å². The number of benzene rings is 2. The van der Waals surface area contributed by atoms with E-state index in [1.807, 2.05) is 0 Å². The molecule has 2 aromatic heterocycles. The molecule has 1 atom stereocenters. The number of ether oxygens (including phenoxy) is 4. The Labute approximate surface area is 232 Å². The van der Waals surface area contributed by atoms with Crippen molar-refractivity contribution in [3.8, 4) is 23.1 Å². The van der Waals surface area contributed by atoms with Crippen LogP contribution in [0.25, 0.3) is 21.8 Å². The van der Waals surface area contributed by atoms with Crippen LogP contribution in [0.2, 0.25) is 0 Å². The van der Waals surface area contributed by atoms with Crippen molar-refractivity contribution in [3.63, 3.8) is 0 Å². The molecule has 1 unspecified atom stereocenters. The molecule has 2 aromatic carbocycles. The molecule has 5 rings (SSSR count). The smallest absolute Gasteiger partial charge is 0.491 e.